The minimum absolute atomic E-state index is 0.0863. The molecule has 0 radical (unpaired) electrons. The molecule has 11 heteroatoms. The number of carbonyl (C=O) groups excluding carboxylic acids is 2. The zero-order valence-corrected chi connectivity index (χ0v) is 18.2. The van der Waals surface area contributed by atoms with E-state index < -0.39 is 23.6 Å². The van der Waals surface area contributed by atoms with Crippen LogP contribution in [-0.2, 0) is 6.18 Å². The Morgan fingerprint density at radius 3 is 2.48 bits per heavy atom. The predicted octanol–water partition coefficient (Wildman–Crippen LogP) is 5.67. The lowest BCUT2D eigenvalue weighted by Crippen LogP contribution is -2.17. The summed E-state index contributed by atoms with van der Waals surface area (Å²) in [6, 6.07) is 11.2. The van der Waals surface area contributed by atoms with Crippen molar-refractivity contribution in [2.75, 3.05) is 10.6 Å². The van der Waals surface area contributed by atoms with Crippen molar-refractivity contribution in [3.8, 4) is 5.69 Å². The number of benzene rings is 1. The van der Waals surface area contributed by atoms with Gasteiger partial charge in [-0.2, -0.15) is 18.3 Å². The van der Waals surface area contributed by atoms with Gasteiger partial charge in [0, 0.05) is 6.07 Å². The molecule has 1 aromatic carbocycles. The molecule has 3 aromatic heterocycles. The van der Waals surface area contributed by atoms with E-state index in [0.29, 0.717) is 21.1 Å². The molecule has 2 N–H and O–H groups in total. The Bertz CT molecular complexity index is 1320. The molecule has 0 bridgehead atoms. The van der Waals surface area contributed by atoms with Crippen molar-refractivity contribution in [3.63, 3.8) is 0 Å². The van der Waals surface area contributed by atoms with Gasteiger partial charge in [0.2, 0.25) is 0 Å². The second kappa shape index (κ2) is 8.58. The topological polar surface area (TPSA) is 89.2 Å². The van der Waals surface area contributed by atoms with Crippen LogP contribution in [0, 0.1) is 13.8 Å². The zero-order valence-electron chi connectivity index (χ0n) is 17.4. The van der Waals surface area contributed by atoms with Gasteiger partial charge in [-0.3, -0.25) is 9.59 Å². The molecule has 0 unspecified atom stereocenters. The van der Waals surface area contributed by atoms with E-state index in [1.165, 1.54) is 36.6 Å². The molecular weight excluding hydrogens is 457 g/mol. The molecule has 0 saturated heterocycles. The number of nitrogens with zero attached hydrogens (tertiary/aromatic N) is 2. The number of aryl methyl sites for hydroxylation is 2. The number of rotatable bonds is 5. The lowest BCUT2D eigenvalue weighted by Gasteiger charge is -2.15. The van der Waals surface area contributed by atoms with E-state index in [-0.39, 0.29) is 17.3 Å². The Morgan fingerprint density at radius 1 is 1.03 bits per heavy atom. The van der Waals surface area contributed by atoms with Gasteiger partial charge in [-0.15, -0.1) is 11.3 Å². The number of carbonyl (C=O) groups is 2. The third-order valence-corrected chi connectivity index (χ3v) is 5.77. The van der Waals surface area contributed by atoms with E-state index in [2.05, 4.69) is 15.7 Å². The quantitative estimate of drug-likeness (QED) is 0.390. The number of nitrogens with one attached hydrogen (secondary N) is 2. The van der Waals surface area contributed by atoms with Crippen molar-refractivity contribution in [2.24, 2.45) is 0 Å². The zero-order chi connectivity index (χ0) is 23.8. The van der Waals surface area contributed by atoms with Gasteiger partial charge in [0.15, 0.2) is 5.76 Å². The summed E-state index contributed by atoms with van der Waals surface area (Å²) in [5, 5.41) is 9.84. The summed E-state index contributed by atoms with van der Waals surface area (Å²) in [6.07, 6.45) is -3.22. The number of halogens is 3. The minimum Gasteiger partial charge on any atom is -0.459 e. The molecule has 0 aliphatic rings. The molecule has 4 rings (SSSR count). The van der Waals surface area contributed by atoms with Gasteiger partial charge in [0.25, 0.3) is 11.8 Å². The van der Waals surface area contributed by atoms with Crippen LogP contribution in [-0.4, -0.2) is 21.6 Å². The van der Waals surface area contributed by atoms with E-state index in [0.717, 1.165) is 22.1 Å². The SMILES string of the molecule is Cc1cc(NC(=O)c2sc(NC(=O)c3ccco3)cc2C)n(-c2ccccc2C(F)(F)F)n1. The van der Waals surface area contributed by atoms with Gasteiger partial charge in [-0.05, 0) is 49.7 Å². The van der Waals surface area contributed by atoms with Crippen LogP contribution in [0.4, 0.5) is 24.0 Å². The van der Waals surface area contributed by atoms with E-state index in [1.807, 2.05) is 0 Å². The molecule has 0 fully saturated rings. The summed E-state index contributed by atoms with van der Waals surface area (Å²) < 4.78 is 46.6. The molecule has 3 heterocycles. The summed E-state index contributed by atoms with van der Waals surface area (Å²) in [4.78, 5) is 25.4. The normalized spacial score (nSPS) is 11.4. The number of anilines is 2. The van der Waals surface area contributed by atoms with E-state index >= 15 is 0 Å². The number of furan rings is 1. The number of hydrogen-bond acceptors (Lipinski definition) is 5. The van der Waals surface area contributed by atoms with Gasteiger partial charge in [0.1, 0.15) is 5.82 Å². The molecule has 0 spiro atoms. The molecule has 0 aliphatic carbocycles. The van der Waals surface area contributed by atoms with Crippen LogP contribution in [0.15, 0.2) is 59.2 Å². The highest BCUT2D eigenvalue weighted by Gasteiger charge is 2.34. The Kier molecular flexibility index (Phi) is 5.81. The lowest BCUT2D eigenvalue weighted by atomic mass is 10.1. The highest BCUT2D eigenvalue weighted by molar-refractivity contribution is 7.18. The molecule has 7 nitrogen and oxygen atoms in total. The van der Waals surface area contributed by atoms with Crippen LogP contribution < -0.4 is 10.6 Å². The molecule has 0 saturated carbocycles. The number of thiophene rings is 1. The van der Waals surface area contributed by atoms with Crippen molar-refractivity contribution >= 4 is 34.0 Å². The van der Waals surface area contributed by atoms with Crippen LogP contribution in [0.5, 0.6) is 0 Å². The smallest absolute Gasteiger partial charge is 0.418 e. The highest BCUT2D eigenvalue weighted by atomic mass is 32.1. The average molecular weight is 474 g/mol. The molecule has 2 amide bonds. The van der Waals surface area contributed by atoms with Gasteiger partial charge < -0.3 is 15.1 Å². The van der Waals surface area contributed by atoms with Crippen LogP contribution in [0.3, 0.4) is 0 Å². The maximum Gasteiger partial charge on any atom is 0.418 e. The largest absolute Gasteiger partial charge is 0.459 e. The summed E-state index contributed by atoms with van der Waals surface area (Å²) in [7, 11) is 0. The molecular formula is C22H17F3N4O3S. The maximum atomic E-state index is 13.5. The Labute approximate surface area is 189 Å². The maximum absolute atomic E-state index is 13.5. The van der Waals surface area contributed by atoms with Gasteiger partial charge in [-0.1, -0.05) is 12.1 Å². The van der Waals surface area contributed by atoms with Crippen molar-refractivity contribution in [2.45, 2.75) is 20.0 Å². The summed E-state index contributed by atoms with van der Waals surface area (Å²) in [5.74, 6) is -0.801. The number of aromatic nitrogens is 2. The Balaban J connectivity index is 1.60. The van der Waals surface area contributed by atoms with Crippen molar-refractivity contribution in [3.05, 3.63) is 82.3 Å². The van der Waals surface area contributed by atoms with Crippen molar-refractivity contribution < 1.29 is 27.2 Å². The first-order valence-corrected chi connectivity index (χ1v) is 10.4. The molecule has 0 aliphatic heterocycles. The number of alkyl halides is 3. The first kappa shape index (κ1) is 22.3. The standard InChI is InChI=1S/C22H17F3N4O3S/c1-12-10-18(27-20(30)16-8-5-9-32-16)33-19(12)21(31)26-17-11-13(2)28-29(17)15-7-4-3-6-14(15)22(23,24)25/h3-11H,1-2H3,(H,26,31)(H,27,30). The fourth-order valence-corrected chi connectivity index (χ4v) is 4.16. The number of hydrogen-bond donors (Lipinski definition) is 2. The molecule has 4 aromatic rings. The van der Waals surface area contributed by atoms with Gasteiger partial charge in [-0.25, -0.2) is 4.68 Å². The van der Waals surface area contributed by atoms with Crippen LogP contribution in [0.1, 0.15) is 37.0 Å². The summed E-state index contributed by atoms with van der Waals surface area (Å²) >= 11 is 1.03. The molecule has 33 heavy (non-hydrogen) atoms. The minimum atomic E-state index is -4.59. The second-order valence-electron chi connectivity index (χ2n) is 7.11. The summed E-state index contributed by atoms with van der Waals surface area (Å²) in [5.41, 5.74) is -0.0659. The lowest BCUT2D eigenvalue weighted by molar-refractivity contribution is -0.137. The van der Waals surface area contributed by atoms with E-state index in [9.17, 15) is 22.8 Å². The third-order valence-electron chi connectivity index (χ3n) is 4.62. The Morgan fingerprint density at radius 2 is 1.79 bits per heavy atom. The van der Waals surface area contributed by atoms with Crippen LogP contribution in [0.25, 0.3) is 5.69 Å². The van der Waals surface area contributed by atoms with E-state index in [4.69, 9.17) is 4.42 Å². The average Bonchev–Trinajstić information content (AvgIpc) is 3.48. The fraction of sp³-hybridized carbons (Fsp3) is 0.136. The molecule has 0 atom stereocenters. The second-order valence-corrected chi connectivity index (χ2v) is 8.16. The van der Waals surface area contributed by atoms with Gasteiger partial charge in [0.05, 0.1) is 33.1 Å². The third kappa shape index (κ3) is 4.67. The van der Waals surface area contributed by atoms with Crippen LogP contribution >= 0.6 is 11.3 Å². The Hall–Kier alpha value is -3.86. The van der Waals surface area contributed by atoms with E-state index in [1.54, 1.807) is 26.0 Å². The predicted molar refractivity (Wildman–Crippen MR) is 117 cm³/mol. The first-order valence-electron chi connectivity index (χ1n) is 9.63. The number of amides is 2. The number of para-hydroxylation sites is 1. The monoisotopic (exact) mass is 474 g/mol. The van der Waals surface area contributed by atoms with Gasteiger partial charge >= 0.3 is 6.18 Å². The summed E-state index contributed by atoms with van der Waals surface area (Å²) in [6.45, 7) is 3.30. The van der Waals surface area contributed by atoms with Crippen LogP contribution in [0.2, 0.25) is 0 Å². The van der Waals surface area contributed by atoms with Crippen molar-refractivity contribution in [1.29, 1.82) is 0 Å². The molecule has 170 valence electrons. The first-order chi connectivity index (χ1) is 15.6. The van der Waals surface area contributed by atoms with Crippen molar-refractivity contribution in [1.82, 2.24) is 9.78 Å². The fourth-order valence-electron chi connectivity index (χ4n) is 3.19. The highest BCUT2D eigenvalue weighted by Crippen LogP contribution is 2.35.